The molecule has 10 heavy (non-hydrogen) atoms. The van der Waals surface area contributed by atoms with Crippen LogP contribution in [-0.2, 0) is 0 Å². The molecule has 1 nitrogen and oxygen atoms in total. The van der Waals surface area contributed by atoms with Crippen molar-refractivity contribution in [2.75, 3.05) is 0 Å². The molecule has 0 amide bonds. The molecule has 1 aliphatic heterocycles. The number of rotatable bonds is 0. The van der Waals surface area contributed by atoms with E-state index in [-0.39, 0.29) is 0 Å². The van der Waals surface area contributed by atoms with Crippen LogP contribution in [0.25, 0.3) is 6.08 Å². The molecule has 2 heteroatoms. The molecule has 0 fully saturated rings. The molecule has 0 saturated carbocycles. The maximum absolute atomic E-state index is 4.16. The third kappa shape index (κ3) is 0.878. The van der Waals surface area contributed by atoms with E-state index in [1.165, 1.54) is 4.90 Å². The number of fused-ring (bicyclic) bond motifs is 1. The van der Waals surface area contributed by atoms with Crippen LogP contribution in [0, 0.1) is 0 Å². The molecule has 0 aromatic carbocycles. The second kappa shape index (κ2) is 2.33. The van der Waals surface area contributed by atoms with Gasteiger partial charge in [-0.15, -0.1) is 5.73 Å². The highest BCUT2D eigenvalue weighted by Gasteiger charge is 1.99. The summed E-state index contributed by atoms with van der Waals surface area (Å²) in [6, 6.07) is 4.00. The molecule has 1 aliphatic rings. The summed E-state index contributed by atoms with van der Waals surface area (Å²) >= 11 is 1.66. The zero-order valence-corrected chi connectivity index (χ0v) is 6.06. The van der Waals surface area contributed by atoms with E-state index < -0.39 is 0 Å². The minimum atomic E-state index is 1.02. The maximum atomic E-state index is 4.16. The number of thioether (sulfide) groups is 1. The summed E-state index contributed by atoms with van der Waals surface area (Å²) in [5, 5.41) is 1.93. The largest absolute Gasteiger partial charge is 0.255 e. The predicted octanol–water partition coefficient (Wildman–Crippen LogP) is 2.31. The van der Waals surface area contributed by atoms with Crippen LogP contribution in [0.15, 0.2) is 34.4 Å². The van der Waals surface area contributed by atoms with Crippen molar-refractivity contribution in [3.05, 3.63) is 35.2 Å². The number of pyridine rings is 1. The van der Waals surface area contributed by atoms with E-state index in [9.17, 15) is 0 Å². The van der Waals surface area contributed by atoms with Gasteiger partial charge < -0.3 is 0 Å². The van der Waals surface area contributed by atoms with Gasteiger partial charge >= 0.3 is 0 Å². The van der Waals surface area contributed by atoms with Crippen molar-refractivity contribution in [2.45, 2.75) is 4.90 Å². The number of hydrogen-bond acceptors (Lipinski definition) is 2. The molecule has 0 unspecified atom stereocenters. The first-order valence-electron chi connectivity index (χ1n) is 2.99. The van der Waals surface area contributed by atoms with Crippen LogP contribution in [0.4, 0.5) is 0 Å². The lowest BCUT2D eigenvalue weighted by molar-refractivity contribution is 1.20. The van der Waals surface area contributed by atoms with Crippen LogP contribution in [0.5, 0.6) is 0 Å². The Morgan fingerprint density at radius 2 is 2.50 bits per heavy atom. The summed E-state index contributed by atoms with van der Waals surface area (Å²) in [5.74, 6) is 0. The first-order valence-corrected chi connectivity index (χ1v) is 3.87. The van der Waals surface area contributed by atoms with E-state index in [0.717, 1.165) is 5.69 Å². The van der Waals surface area contributed by atoms with Gasteiger partial charge in [-0.3, -0.25) is 4.98 Å². The fraction of sp³-hybridized carbons (Fsp3) is 0. The third-order valence-corrected chi connectivity index (χ3v) is 2.13. The molecule has 1 aromatic heterocycles. The number of hydrogen-bond donors (Lipinski definition) is 0. The van der Waals surface area contributed by atoms with Crippen molar-refractivity contribution in [3.63, 3.8) is 0 Å². The second-order valence-corrected chi connectivity index (χ2v) is 2.84. The molecule has 2 rings (SSSR count). The van der Waals surface area contributed by atoms with Crippen LogP contribution in [0.3, 0.4) is 0 Å². The Bertz CT molecular complexity index is 311. The molecule has 48 valence electrons. The zero-order chi connectivity index (χ0) is 6.81. The van der Waals surface area contributed by atoms with Crippen LogP contribution >= 0.6 is 11.8 Å². The van der Waals surface area contributed by atoms with Crippen molar-refractivity contribution < 1.29 is 0 Å². The molecule has 0 radical (unpaired) electrons. The van der Waals surface area contributed by atoms with Gasteiger partial charge in [0.2, 0.25) is 0 Å². The highest BCUT2D eigenvalue weighted by molar-refractivity contribution is 8.02. The lowest BCUT2D eigenvalue weighted by atomic mass is 10.3. The lowest BCUT2D eigenvalue weighted by Crippen LogP contribution is -1.83. The third-order valence-electron chi connectivity index (χ3n) is 1.27. The first kappa shape index (κ1) is 5.78. The quantitative estimate of drug-likeness (QED) is 0.522. The summed E-state index contributed by atoms with van der Waals surface area (Å²) in [6.45, 7) is 0. The van der Waals surface area contributed by atoms with Gasteiger partial charge in [0.05, 0.1) is 5.69 Å². The van der Waals surface area contributed by atoms with E-state index in [4.69, 9.17) is 0 Å². The molecule has 0 spiro atoms. The first-order chi connectivity index (χ1) is 4.97. The normalized spacial score (nSPS) is 13.2. The Hall–Kier alpha value is -0.980. The van der Waals surface area contributed by atoms with E-state index >= 15 is 0 Å². The fourth-order valence-corrected chi connectivity index (χ4v) is 1.47. The Labute approximate surface area is 63.5 Å². The highest BCUT2D eigenvalue weighted by Crippen LogP contribution is 2.25. The van der Waals surface area contributed by atoms with Crippen LogP contribution < -0.4 is 0 Å². The molecular formula is C8H5NS. The Balaban J connectivity index is 2.63. The zero-order valence-electron chi connectivity index (χ0n) is 5.24. The molecule has 1 aromatic rings. The van der Waals surface area contributed by atoms with Gasteiger partial charge in [-0.1, -0.05) is 11.8 Å². The van der Waals surface area contributed by atoms with Gasteiger partial charge in [0.15, 0.2) is 0 Å². The van der Waals surface area contributed by atoms with Gasteiger partial charge in [0.1, 0.15) is 0 Å². The summed E-state index contributed by atoms with van der Waals surface area (Å²) in [7, 11) is 0. The second-order valence-electron chi connectivity index (χ2n) is 1.93. The minimum Gasteiger partial charge on any atom is -0.255 e. The van der Waals surface area contributed by atoms with Gasteiger partial charge in [-0.05, 0) is 12.1 Å². The van der Waals surface area contributed by atoms with Crippen molar-refractivity contribution in [1.29, 1.82) is 0 Å². The molecule has 0 aliphatic carbocycles. The molecule has 0 N–H and O–H groups in total. The predicted molar refractivity (Wildman–Crippen MR) is 42.6 cm³/mol. The van der Waals surface area contributed by atoms with E-state index in [0.29, 0.717) is 0 Å². The fourth-order valence-electron chi connectivity index (χ4n) is 0.821. The smallest absolute Gasteiger partial charge is 0.0846 e. The van der Waals surface area contributed by atoms with Crippen LogP contribution in [-0.4, -0.2) is 4.98 Å². The molecule has 0 saturated heterocycles. The summed E-state index contributed by atoms with van der Waals surface area (Å²) < 4.78 is 0. The van der Waals surface area contributed by atoms with E-state index in [1.54, 1.807) is 18.0 Å². The minimum absolute atomic E-state index is 1.02. The SMILES string of the molecule is C1=CSc2cccnc2C=1. The van der Waals surface area contributed by atoms with Gasteiger partial charge in [-0.2, -0.15) is 0 Å². The maximum Gasteiger partial charge on any atom is 0.0846 e. The summed E-state index contributed by atoms with van der Waals surface area (Å²) in [4.78, 5) is 5.37. The van der Waals surface area contributed by atoms with Crippen molar-refractivity contribution >= 4 is 17.8 Å². The van der Waals surface area contributed by atoms with E-state index in [1.807, 2.05) is 17.6 Å². The van der Waals surface area contributed by atoms with Crippen molar-refractivity contribution in [3.8, 4) is 0 Å². The lowest BCUT2D eigenvalue weighted by Gasteiger charge is -2.01. The van der Waals surface area contributed by atoms with Crippen molar-refractivity contribution in [1.82, 2.24) is 4.98 Å². The van der Waals surface area contributed by atoms with Crippen LogP contribution in [0.1, 0.15) is 5.69 Å². The highest BCUT2D eigenvalue weighted by atomic mass is 32.2. The Kier molecular flexibility index (Phi) is 1.35. The Morgan fingerprint density at radius 3 is 3.40 bits per heavy atom. The summed E-state index contributed by atoms with van der Waals surface area (Å²) in [5.41, 5.74) is 4.01. The molecular weight excluding hydrogens is 142 g/mol. The monoisotopic (exact) mass is 147 g/mol. The number of aromatic nitrogens is 1. The van der Waals surface area contributed by atoms with Crippen molar-refractivity contribution in [2.24, 2.45) is 0 Å². The van der Waals surface area contributed by atoms with Gasteiger partial charge in [0.25, 0.3) is 0 Å². The van der Waals surface area contributed by atoms with Gasteiger partial charge in [-0.25, -0.2) is 0 Å². The molecule has 0 atom stereocenters. The topological polar surface area (TPSA) is 12.9 Å². The average molecular weight is 147 g/mol. The standard InChI is InChI=1S/C8H5NS/c1-4-8-7(9-5-1)3-2-6-10-8/h1,3-6H. The summed E-state index contributed by atoms with van der Waals surface area (Å²) in [6.07, 6.45) is 3.69. The average Bonchev–Trinajstić information content (AvgIpc) is 2.05. The number of nitrogens with zero attached hydrogens (tertiary/aromatic N) is 1. The van der Waals surface area contributed by atoms with Crippen LogP contribution in [0.2, 0.25) is 0 Å². The Morgan fingerprint density at radius 1 is 1.50 bits per heavy atom. The van der Waals surface area contributed by atoms with E-state index in [2.05, 4.69) is 16.8 Å². The molecule has 0 bridgehead atoms. The molecule has 2 heterocycles. The van der Waals surface area contributed by atoms with Gasteiger partial charge in [0, 0.05) is 22.6 Å².